The van der Waals surface area contributed by atoms with Gasteiger partial charge in [0.15, 0.2) is 0 Å². The second kappa shape index (κ2) is 6.09. The Labute approximate surface area is 116 Å². The average molecular weight is 268 g/mol. The molecule has 0 aromatic heterocycles. The molecule has 1 heterocycles. The lowest BCUT2D eigenvalue weighted by Crippen LogP contribution is -2.59. The SMILES string of the molecule is CC(C)(CN)N1CCN(C(=O)NC2CCCC2)CC1. The second-order valence-electron chi connectivity index (χ2n) is 6.42. The molecule has 0 atom stereocenters. The van der Waals surface area contributed by atoms with Gasteiger partial charge in [-0.3, -0.25) is 4.90 Å². The Balaban J connectivity index is 1.77. The Morgan fingerprint density at radius 1 is 1.21 bits per heavy atom. The largest absolute Gasteiger partial charge is 0.335 e. The topological polar surface area (TPSA) is 61.6 Å². The molecule has 0 bridgehead atoms. The highest BCUT2D eigenvalue weighted by Crippen LogP contribution is 2.19. The molecule has 2 aliphatic rings. The molecule has 0 aromatic rings. The van der Waals surface area contributed by atoms with E-state index in [-0.39, 0.29) is 11.6 Å². The predicted octanol–water partition coefficient (Wildman–Crippen LogP) is 0.994. The van der Waals surface area contributed by atoms with Gasteiger partial charge >= 0.3 is 6.03 Å². The van der Waals surface area contributed by atoms with E-state index >= 15 is 0 Å². The maximum Gasteiger partial charge on any atom is 0.317 e. The van der Waals surface area contributed by atoms with Crippen molar-refractivity contribution in [3.8, 4) is 0 Å². The highest BCUT2D eigenvalue weighted by molar-refractivity contribution is 5.74. The first-order valence-corrected chi connectivity index (χ1v) is 7.53. The van der Waals surface area contributed by atoms with Crippen LogP contribution in [0, 0.1) is 0 Å². The van der Waals surface area contributed by atoms with Crippen LogP contribution in [0.3, 0.4) is 0 Å². The van der Waals surface area contributed by atoms with Gasteiger partial charge in [-0.1, -0.05) is 12.8 Å². The van der Waals surface area contributed by atoms with Crippen LogP contribution in [-0.4, -0.2) is 60.1 Å². The van der Waals surface area contributed by atoms with E-state index < -0.39 is 0 Å². The molecule has 1 aliphatic heterocycles. The number of hydrogen-bond donors (Lipinski definition) is 2. The number of piperazine rings is 1. The van der Waals surface area contributed by atoms with E-state index in [9.17, 15) is 4.79 Å². The summed E-state index contributed by atoms with van der Waals surface area (Å²) in [5, 5.41) is 3.16. The first kappa shape index (κ1) is 14.6. The zero-order valence-electron chi connectivity index (χ0n) is 12.3. The van der Waals surface area contributed by atoms with Crippen molar-refractivity contribution < 1.29 is 4.79 Å². The molecule has 2 fully saturated rings. The van der Waals surface area contributed by atoms with Crippen molar-refractivity contribution in [2.24, 2.45) is 5.73 Å². The van der Waals surface area contributed by atoms with Crippen LogP contribution in [0.2, 0.25) is 0 Å². The molecule has 2 rings (SSSR count). The normalized spacial score (nSPS) is 22.8. The Bertz CT molecular complexity index is 305. The van der Waals surface area contributed by atoms with Crippen molar-refractivity contribution in [2.75, 3.05) is 32.7 Å². The average Bonchev–Trinajstić information content (AvgIpc) is 2.91. The smallest absolute Gasteiger partial charge is 0.317 e. The number of urea groups is 1. The van der Waals surface area contributed by atoms with E-state index in [1.165, 1.54) is 12.8 Å². The van der Waals surface area contributed by atoms with Crippen molar-refractivity contribution in [3.63, 3.8) is 0 Å². The van der Waals surface area contributed by atoms with Gasteiger partial charge < -0.3 is 16.0 Å². The molecule has 5 heteroatoms. The minimum absolute atomic E-state index is 0.0357. The summed E-state index contributed by atoms with van der Waals surface area (Å²) in [7, 11) is 0. The van der Waals surface area contributed by atoms with Crippen LogP contribution >= 0.6 is 0 Å². The molecular formula is C14H28N4O. The quantitative estimate of drug-likeness (QED) is 0.802. The van der Waals surface area contributed by atoms with E-state index in [4.69, 9.17) is 5.73 Å². The Hall–Kier alpha value is -0.810. The summed E-state index contributed by atoms with van der Waals surface area (Å²) in [6.07, 6.45) is 4.80. The van der Waals surface area contributed by atoms with Crippen molar-refractivity contribution in [2.45, 2.75) is 51.1 Å². The van der Waals surface area contributed by atoms with E-state index in [1.54, 1.807) is 0 Å². The zero-order chi connectivity index (χ0) is 13.9. The number of nitrogens with one attached hydrogen (secondary N) is 1. The number of carbonyl (C=O) groups is 1. The van der Waals surface area contributed by atoms with Crippen LogP contribution in [0.1, 0.15) is 39.5 Å². The molecule has 0 aromatic carbocycles. The van der Waals surface area contributed by atoms with Crippen LogP contribution in [0.15, 0.2) is 0 Å². The van der Waals surface area contributed by atoms with Crippen LogP contribution < -0.4 is 11.1 Å². The standard InChI is InChI=1S/C14H28N4O/c1-14(2,11-15)18-9-7-17(8-10-18)13(19)16-12-5-3-4-6-12/h12H,3-11,15H2,1-2H3,(H,16,19). The fraction of sp³-hybridized carbons (Fsp3) is 0.929. The first-order valence-electron chi connectivity index (χ1n) is 7.53. The van der Waals surface area contributed by atoms with E-state index in [0.29, 0.717) is 12.6 Å². The number of nitrogens with zero attached hydrogens (tertiary/aromatic N) is 2. The molecule has 0 spiro atoms. The van der Waals surface area contributed by atoms with Gasteiger partial charge in [-0.25, -0.2) is 4.79 Å². The molecule has 0 unspecified atom stereocenters. The lowest BCUT2D eigenvalue weighted by Gasteiger charge is -2.43. The van der Waals surface area contributed by atoms with Gasteiger partial charge in [-0.15, -0.1) is 0 Å². The Morgan fingerprint density at radius 2 is 1.79 bits per heavy atom. The van der Waals surface area contributed by atoms with Crippen LogP contribution in [-0.2, 0) is 0 Å². The highest BCUT2D eigenvalue weighted by atomic mass is 16.2. The lowest BCUT2D eigenvalue weighted by atomic mass is 10.0. The van der Waals surface area contributed by atoms with Crippen molar-refractivity contribution in [1.29, 1.82) is 0 Å². The Kier molecular flexibility index (Phi) is 4.68. The molecule has 1 saturated heterocycles. The molecule has 19 heavy (non-hydrogen) atoms. The first-order chi connectivity index (χ1) is 9.03. The van der Waals surface area contributed by atoms with Crippen LogP contribution in [0.25, 0.3) is 0 Å². The zero-order valence-corrected chi connectivity index (χ0v) is 12.3. The monoisotopic (exact) mass is 268 g/mol. The molecule has 5 nitrogen and oxygen atoms in total. The fourth-order valence-electron chi connectivity index (χ4n) is 2.98. The van der Waals surface area contributed by atoms with Gasteiger partial charge in [0.05, 0.1) is 0 Å². The highest BCUT2D eigenvalue weighted by Gasteiger charge is 2.30. The number of rotatable bonds is 3. The van der Waals surface area contributed by atoms with Crippen molar-refractivity contribution in [3.05, 3.63) is 0 Å². The van der Waals surface area contributed by atoms with Crippen molar-refractivity contribution >= 4 is 6.03 Å². The molecule has 3 N–H and O–H groups in total. The second-order valence-corrected chi connectivity index (χ2v) is 6.42. The minimum atomic E-state index is 0.0357. The lowest BCUT2D eigenvalue weighted by molar-refractivity contribution is 0.0680. The van der Waals surface area contributed by atoms with Gasteiger partial charge in [0.25, 0.3) is 0 Å². The molecule has 2 amide bonds. The third-order valence-corrected chi connectivity index (χ3v) is 4.61. The molecule has 0 radical (unpaired) electrons. The van der Waals surface area contributed by atoms with Gasteiger partial charge in [-0.2, -0.15) is 0 Å². The van der Waals surface area contributed by atoms with Crippen LogP contribution in [0.5, 0.6) is 0 Å². The van der Waals surface area contributed by atoms with Gasteiger partial charge in [0.2, 0.25) is 0 Å². The molecule has 1 saturated carbocycles. The maximum absolute atomic E-state index is 12.2. The summed E-state index contributed by atoms with van der Waals surface area (Å²) in [6, 6.07) is 0.531. The summed E-state index contributed by atoms with van der Waals surface area (Å²) in [5.41, 5.74) is 5.84. The summed E-state index contributed by atoms with van der Waals surface area (Å²) in [6.45, 7) is 8.44. The molecular weight excluding hydrogens is 240 g/mol. The van der Waals surface area contributed by atoms with Gasteiger partial charge in [-0.05, 0) is 26.7 Å². The van der Waals surface area contributed by atoms with Crippen LogP contribution in [0.4, 0.5) is 4.79 Å². The summed E-state index contributed by atoms with van der Waals surface area (Å²) >= 11 is 0. The third-order valence-electron chi connectivity index (χ3n) is 4.61. The van der Waals surface area contributed by atoms with Gasteiger partial charge in [0.1, 0.15) is 0 Å². The summed E-state index contributed by atoms with van der Waals surface area (Å²) < 4.78 is 0. The van der Waals surface area contributed by atoms with E-state index in [2.05, 4.69) is 24.1 Å². The number of nitrogens with two attached hydrogens (primary N) is 1. The third kappa shape index (κ3) is 3.60. The van der Waals surface area contributed by atoms with E-state index in [0.717, 1.165) is 39.0 Å². The molecule has 110 valence electrons. The minimum Gasteiger partial charge on any atom is -0.335 e. The van der Waals surface area contributed by atoms with E-state index in [1.807, 2.05) is 4.90 Å². The number of amides is 2. The van der Waals surface area contributed by atoms with Gasteiger partial charge in [0, 0.05) is 44.3 Å². The fourth-order valence-corrected chi connectivity index (χ4v) is 2.98. The summed E-state index contributed by atoms with van der Waals surface area (Å²) in [4.78, 5) is 16.5. The predicted molar refractivity (Wildman–Crippen MR) is 77.1 cm³/mol. The Morgan fingerprint density at radius 3 is 2.32 bits per heavy atom. The molecule has 1 aliphatic carbocycles. The van der Waals surface area contributed by atoms with Crippen molar-refractivity contribution in [1.82, 2.24) is 15.1 Å². The summed E-state index contributed by atoms with van der Waals surface area (Å²) in [5.74, 6) is 0. The number of carbonyl (C=O) groups excluding carboxylic acids is 1. The number of hydrogen-bond acceptors (Lipinski definition) is 3. The maximum atomic E-state index is 12.2.